The van der Waals surface area contributed by atoms with Crippen LogP contribution in [0.4, 0.5) is 0 Å². The van der Waals surface area contributed by atoms with Gasteiger partial charge in [-0.25, -0.2) is 4.98 Å². The van der Waals surface area contributed by atoms with E-state index < -0.39 is 0 Å². The average Bonchev–Trinajstić information content (AvgIpc) is 2.02. The van der Waals surface area contributed by atoms with Gasteiger partial charge in [-0.3, -0.25) is 9.59 Å². The molecule has 2 rings (SSSR count). The average molecular weight is 177 g/mol. The smallest absolute Gasteiger partial charge is 0.260 e. The molecule has 5 nitrogen and oxygen atoms in total. The summed E-state index contributed by atoms with van der Waals surface area (Å²) >= 11 is 0. The van der Waals surface area contributed by atoms with Crippen LogP contribution in [0.3, 0.4) is 0 Å². The number of H-pyrrole nitrogens is 1. The first-order valence-corrected chi connectivity index (χ1v) is 3.85. The van der Waals surface area contributed by atoms with Gasteiger partial charge in [0.2, 0.25) is 0 Å². The van der Waals surface area contributed by atoms with Crippen molar-refractivity contribution < 1.29 is 4.79 Å². The number of rotatable bonds is 0. The van der Waals surface area contributed by atoms with E-state index in [9.17, 15) is 9.59 Å². The predicted octanol–water partition coefficient (Wildman–Crippen LogP) is -1.59. The molecule has 0 fully saturated rings. The van der Waals surface area contributed by atoms with Crippen LogP contribution in [0, 0.1) is 6.92 Å². The highest BCUT2D eigenvalue weighted by Gasteiger charge is 2.06. The van der Waals surface area contributed by atoms with E-state index in [1.165, 1.54) is 0 Å². The molecule has 2 heterocycles. The molecule has 1 aliphatic rings. The lowest BCUT2D eigenvalue weighted by atomic mass is 10.3. The molecule has 1 aliphatic heterocycles. The molecule has 0 aliphatic carbocycles. The van der Waals surface area contributed by atoms with E-state index in [0.717, 1.165) is 0 Å². The van der Waals surface area contributed by atoms with E-state index >= 15 is 0 Å². The van der Waals surface area contributed by atoms with Gasteiger partial charge < -0.3 is 4.98 Å². The Balaban J connectivity index is 2.96. The fourth-order valence-electron chi connectivity index (χ4n) is 1.20. The van der Waals surface area contributed by atoms with E-state index in [1.54, 1.807) is 13.0 Å². The third-order valence-corrected chi connectivity index (χ3v) is 1.76. The third kappa shape index (κ3) is 1.28. The number of hydrogen-bond donors (Lipinski definition) is 1. The van der Waals surface area contributed by atoms with Crippen molar-refractivity contribution in [1.29, 1.82) is 0 Å². The van der Waals surface area contributed by atoms with Gasteiger partial charge in [0.25, 0.3) is 11.5 Å². The zero-order valence-corrected chi connectivity index (χ0v) is 7.00. The first-order chi connectivity index (χ1) is 6.16. The van der Waals surface area contributed by atoms with Gasteiger partial charge in [0.15, 0.2) is 5.49 Å². The van der Waals surface area contributed by atoms with Crippen molar-refractivity contribution in [3.63, 3.8) is 0 Å². The van der Waals surface area contributed by atoms with Gasteiger partial charge in [-0.05, 0) is 6.92 Å². The van der Waals surface area contributed by atoms with Gasteiger partial charge in [-0.15, -0.1) is 0 Å². The van der Waals surface area contributed by atoms with E-state index in [1.807, 2.05) is 0 Å². The second kappa shape index (κ2) is 2.62. The maximum atomic E-state index is 11.3. The molecule has 1 amide bonds. The number of aromatic nitrogens is 2. The second-order valence-corrected chi connectivity index (χ2v) is 2.80. The highest BCUT2D eigenvalue weighted by molar-refractivity contribution is 5.82. The van der Waals surface area contributed by atoms with Crippen LogP contribution in [-0.2, 0) is 4.79 Å². The van der Waals surface area contributed by atoms with Crippen molar-refractivity contribution >= 4 is 12.0 Å². The molecule has 0 radical (unpaired) electrons. The van der Waals surface area contributed by atoms with Crippen LogP contribution < -0.4 is 16.3 Å². The molecule has 5 heteroatoms. The number of amides is 1. The van der Waals surface area contributed by atoms with E-state index in [0.29, 0.717) is 11.0 Å². The fourth-order valence-corrected chi connectivity index (χ4v) is 1.20. The summed E-state index contributed by atoms with van der Waals surface area (Å²) < 4.78 is 0. The number of carbonyl (C=O) groups is 1. The molecule has 0 atom stereocenters. The van der Waals surface area contributed by atoms with E-state index in [4.69, 9.17) is 0 Å². The number of aromatic amines is 1. The van der Waals surface area contributed by atoms with Crippen molar-refractivity contribution in [2.75, 3.05) is 0 Å². The van der Waals surface area contributed by atoms with Crippen LogP contribution in [0.5, 0.6) is 0 Å². The molecule has 0 bridgehead atoms. The largest absolute Gasteiger partial charge is 0.310 e. The summed E-state index contributed by atoms with van der Waals surface area (Å²) in [6.45, 7) is 1.65. The zero-order valence-electron chi connectivity index (χ0n) is 7.00. The van der Waals surface area contributed by atoms with Gasteiger partial charge in [-0.2, -0.15) is 4.99 Å². The van der Waals surface area contributed by atoms with E-state index in [2.05, 4.69) is 15.0 Å². The van der Waals surface area contributed by atoms with Crippen LogP contribution >= 0.6 is 0 Å². The van der Waals surface area contributed by atoms with Crippen molar-refractivity contribution in [2.45, 2.75) is 13.3 Å². The zero-order chi connectivity index (χ0) is 9.42. The number of hydrogen-bond acceptors (Lipinski definition) is 3. The summed E-state index contributed by atoms with van der Waals surface area (Å²) in [6.07, 6.45) is 1.73. The minimum absolute atomic E-state index is 0.181. The van der Waals surface area contributed by atoms with Crippen molar-refractivity contribution in [1.82, 2.24) is 9.97 Å². The number of nitrogens with one attached hydrogen (secondary N) is 1. The van der Waals surface area contributed by atoms with Gasteiger partial charge in [-0.1, -0.05) is 6.08 Å². The lowest BCUT2D eigenvalue weighted by Gasteiger charge is -1.97. The Morgan fingerprint density at radius 2 is 2.23 bits per heavy atom. The lowest BCUT2D eigenvalue weighted by molar-refractivity contribution is -0.117. The van der Waals surface area contributed by atoms with Crippen LogP contribution in [0.25, 0.3) is 6.08 Å². The van der Waals surface area contributed by atoms with Crippen LogP contribution in [-0.4, -0.2) is 15.9 Å². The number of aryl methyl sites for hydroxylation is 1. The van der Waals surface area contributed by atoms with Gasteiger partial charge in [0.05, 0.1) is 5.22 Å². The monoisotopic (exact) mass is 177 g/mol. The minimum atomic E-state index is -0.259. The highest BCUT2D eigenvalue weighted by atomic mass is 16.1. The molecular formula is C8H7N3O2. The first kappa shape index (κ1) is 7.85. The fraction of sp³-hybridized carbons (Fsp3) is 0.250. The molecule has 0 aromatic carbocycles. The molecule has 1 N–H and O–H groups in total. The Morgan fingerprint density at radius 3 is 3.00 bits per heavy atom. The standard InChI is InChI=1S/C8H7N3O2/c1-4-9-7-5(8(13)10-4)2-3-6(12)11-7/h2H,3H2,1H3,(H,9,10,11,12,13). The molecular weight excluding hydrogens is 170 g/mol. The summed E-state index contributed by atoms with van der Waals surface area (Å²) in [5.74, 6) is 0.209. The predicted molar refractivity (Wildman–Crippen MR) is 44.5 cm³/mol. The maximum Gasteiger partial charge on any atom is 0.260 e. The Morgan fingerprint density at radius 1 is 1.46 bits per heavy atom. The molecule has 0 saturated carbocycles. The molecule has 1 aromatic heterocycles. The first-order valence-electron chi connectivity index (χ1n) is 3.85. The van der Waals surface area contributed by atoms with Gasteiger partial charge >= 0.3 is 0 Å². The Labute approximate surface area is 72.9 Å². The number of nitrogens with zero attached hydrogens (tertiary/aromatic N) is 2. The van der Waals surface area contributed by atoms with Crippen LogP contribution in [0.1, 0.15) is 12.2 Å². The van der Waals surface area contributed by atoms with E-state index in [-0.39, 0.29) is 23.4 Å². The normalized spacial score (nSPS) is 14.4. The molecule has 0 saturated heterocycles. The number of fused-ring (bicyclic) bond motifs is 1. The Hall–Kier alpha value is -1.78. The second-order valence-electron chi connectivity index (χ2n) is 2.80. The topological polar surface area (TPSA) is 75.2 Å². The van der Waals surface area contributed by atoms with Gasteiger partial charge in [0.1, 0.15) is 5.82 Å². The quantitative estimate of drug-likeness (QED) is 0.519. The Bertz CT molecular complexity index is 541. The van der Waals surface area contributed by atoms with Crippen molar-refractivity contribution in [3.05, 3.63) is 26.9 Å². The summed E-state index contributed by atoms with van der Waals surface area (Å²) in [7, 11) is 0. The summed E-state index contributed by atoms with van der Waals surface area (Å²) in [6, 6.07) is 0. The number of carbonyl (C=O) groups excluding carboxylic acids is 1. The molecule has 66 valence electrons. The SMILES string of the molecule is Cc1nc2c(c(=O)[nH]1)=CCC(=O)N=2. The molecule has 1 aromatic rings. The Kier molecular flexibility index (Phi) is 1.58. The van der Waals surface area contributed by atoms with Crippen molar-refractivity contribution in [2.24, 2.45) is 4.99 Å². The van der Waals surface area contributed by atoms with Gasteiger partial charge in [0, 0.05) is 6.42 Å². The molecule has 13 heavy (non-hydrogen) atoms. The molecule has 0 unspecified atom stereocenters. The summed E-state index contributed by atoms with van der Waals surface area (Å²) in [5, 5.41) is 0.394. The maximum absolute atomic E-state index is 11.3. The van der Waals surface area contributed by atoms with Crippen LogP contribution in [0.2, 0.25) is 0 Å². The minimum Gasteiger partial charge on any atom is -0.310 e. The lowest BCUT2D eigenvalue weighted by Crippen LogP contribution is -2.45. The third-order valence-electron chi connectivity index (χ3n) is 1.76. The molecule has 0 spiro atoms. The van der Waals surface area contributed by atoms with Crippen LogP contribution in [0.15, 0.2) is 9.79 Å². The summed E-state index contributed by atoms with van der Waals surface area (Å²) in [5.41, 5.74) is -0.00347. The van der Waals surface area contributed by atoms with Crippen molar-refractivity contribution in [3.8, 4) is 0 Å². The summed E-state index contributed by atoms with van der Waals surface area (Å²) in [4.78, 5) is 32.4. The highest BCUT2D eigenvalue weighted by Crippen LogP contribution is 1.86.